The lowest BCUT2D eigenvalue weighted by molar-refractivity contribution is -0.122. The molecule has 0 bridgehead atoms. The second kappa shape index (κ2) is 6.39. The molecule has 21 heavy (non-hydrogen) atoms. The van der Waals surface area contributed by atoms with Gasteiger partial charge in [-0.25, -0.2) is 0 Å². The summed E-state index contributed by atoms with van der Waals surface area (Å²) in [6, 6.07) is 5.06. The van der Waals surface area contributed by atoms with Crippen LogP contribution in [-0.2, 0) is 11.2 Å². The van der Waals surface area contributed by atoms with E-state index in [4.69, 9.17) is 5.73 Å². The fourth-order valence-electron chi connectivity index (χ4n) is 2.91. The highest BCUT2D eigenvalue weighted by atomic mass is 16.2. The van der Waals surface area contributed by atoms with E-state index >= 15 is 0 Å². The van der Waals surface area contributed by atoms with E-state index in [1.807, 2.05) is 30.9 Å². The Morgan fingerprint density at radius 3 is 2.52 bits per heavy atom. The van der Waals surface area contributed by atoms with Crippen LogP contribution < -0.4 is 10.6 Å². The van der Waals surface area contributed by atoms with Crippen LogP contribution >= 0.6 is 0 Å². The Morgan fingerprint density at radius 1 is 1.29 bits per heavy atom. The Morgan fingerprint density at radius 2 is 1.95 bits per heavy atom. The van der Waals surface area contributed by atoms with Crippen molar-refractivity contribution in [3.8, 4) is 0 Å². The lowest BCUT2D eigenvalue weighted by Crippen LogP contribution is -2.34. The molecule has 4 heteroatoms. The maximum absolute atomic E-state index is 12.5. The zero-order chi connectivity index (χ0) is 15.6. The highest BCUT2D eigenvalue weighted by molar-refractivity contribution is 6.02. The van der Waals surface area contributed by atoms with E-state index < -0.39 is 6.04 Å². The molecule has 2 N–H and O–H groups in total. The minimum absolute atomic E-state index is 0.0532. The number of amides is 1. The molecular formula is C17H24N2O2. The molecule has 0 fully saturated rings. The molecular weight excluding hydrogens is 264 g/mol. The smallest absolute Gasteiger partial charge is 0.230 e. The van der Waals surface area contributed by atoms with E-state index in [2.05, 4.69) is 0 Å². The first-order chi connectivity index (χ1) is 9.99. The van der Waals surface area contributed by atoms with Crippen LogP contribution in [0.1, 0.15) is 49.5 Å². The number of carbonyl (C=O) groups excluding carboxylic acids is 2. The van der Waals surface area contributed by atoms with Gasteiger partial charge in [-0.05, 0) is 49.9 Å². The number of rotatable bonds is 5. The minimum Gasteiger partial charge on any atom is -0.321 e. The van der Waals surface area contributed by atoms with E-state index in [9.17, 15) is 9.59 Å². The van der Waals surface area contributed by atoms with Gasteiger partial charge in [0.2, 0.25) is 5.91 Å². The summed E-state index contributed by atoms with van der Waals surface area (Å²) in [4.78, 5) is 26.4. The lowest BCUT2D eigenvalue weighted by atomic mass is 10.0. The van der Waals surface area contributed by atoms with Gasteiger partial charge >= 0.3 is 0 Å². The fraction of sp³-hybridized carbons (Fsp3) is 0.529. The molecule has 0 radical (unpaired) electrons. The van der Waals surface area contributed by atoms with Crippen LogP contribution in [0.3, 0.4) is 0 Å². The number of hydrogen-bond acceptors (Lipinski definition) is 3. The molecule has 0 spiro atoms. The van der Waals surface area contributed by atoms with Crippen molar-refractivity contribution in [3.63, 3.8) is 0 Å². The van der Waals surface area contributed by atoms with Crippen LogP contribution in [0.25, 0.3) is 0 Å². The van der Waals surface area contributed by atoms with Crippen LogP contribution in [0, 0.1) is 5.92 Å². The average Bonchev–Trinajstić information content (AvgIpc) is 2.90. The monoisotopic (exact) mass is 288 g/mol. The molecule has 1 aromatic carbocycles. The number of nitrogens with two attached hydrogens (primary N) is 1. The van der Waals surface area contributed by atoms with Crippen molar-refractivity contribution in [2.45, 2.75) is 46.1 Å². The Balaban J connectivity index is 2.26. The first-order valence-electron chi connectivity index (χ1n) is 7.73. The lowest BCUT2D eigenvalue weighted by Gasteiger charge is -2.22. The van der Waals surface area contributed by atoms with Crippen molar-refractivity contribution in [2.24, 2.45) is 11.7 Å². The summed E-state index contributed by atoms with van der Waals surface area (Å²) in [5.74, 6) is 0.230. The number of fused-ring (bicyclic) bond motifs is 1. The van der Waals surface area contributed by atoms with E-state index in [1.165, 1.54) is 0 Å². The summed E-state index contributed by atoms with van der Waals surface area (Å²) in [7, 11) is 0. The molecule has 114 valence electrons. The van der Waals surface area contributed by atoms with Gasteiger partial charge in [-0.15, -0.1) is 0 Å². The molecule has 1 unspecified atom stereocenters. The Hall–Kier alpha value is -1.68. The van der Waals surface area contributed by atoms with Gasteiger partial charge in [-0.3, -0.25) is 9.59 Å². The van der Waals surface area contributed by atoms with Crippen LogP contribution in [-0.4, -0.2) is 24.3 Å². The predicted octanol–water partition coefficient (Wildman–Crippen LogP) is 2.54. The molecule has 2 rings (SSSR count). The van der Waals surface area contributed by atoms with Crippen molar-refractivity contribution < 1.29 is 9.59 Å². The molecule has 1 aromatic rings. The third-order valence-corrected chi connectivity index (χ3v) is 4.27. The highest BCUT2D eigenvalue weighted by Crippen LogP contribution is 2.31. The fourth-order valence-corrected chi connectivity index (χ4v) is 2.91. The van der Waals surface area contributed by atoms with Crippen LogP contribution in [0.4, 0.5) is 5.69 Å². The first-order valence-corrected chi connectivity index (χ1v) is 7.73. The van der Waals surface area contributed by atoms with Gasteiger partial charge in [0.15, 0.2) is 5.78 Å². The number of ketones is 1. The van der Waals surface area contributed by atoms with Crippen molar-refractivity contribution in [2.75, 3.05) is 11.4 Å². The maximum Gasteiger partial charge on any atom is 0.230 e. The van der Waals surface area contributed by atoms with Crippen molar-refractivity contribution in [1.29, 1.82) is 0 Å². The molecule has 1 atom stereocenters. The van der Waals surface area contributed by atoms with Crippen molar-refractivity contribution in [3.05, 3.63) is 29.3 Å². The molecule has 4 nitrogen and oxygen atoms in total. The number of Topliss-reactive ketones (excluding diaryl/α,β-unsaturated/α-hetero) is 1. The van der Waals surface area contributed by atoms with Crippen molar-refractivity contribution >= 4 is 17.4 Å². The number of hydrogen-bond donors (Lipinski definition) is 1. The number of benzene rings is 1. The van der Waals surface area contributed by atoms with Gasteiger partial charge in [0, 0.05) is 23.7 Å². The summed E-state index contributed by atoms with van der Waals surface area (Å²) in [6.07, 6.45) is 2.53. The average molecular weight is 288 g/mol. The zero-order valence-electron chi connectivity index (χ0n) is 13.1. The predicted molar refractivity (Wildman–Crippen MR) is 84.6 cm³/mol. The Labute approximate surface area is 126 Å². The summed E-state index contributed by atoms with van der Waals surface area (Å²) < 4.78 is 0. The van der Waals surface area contributed by atoms with Gasteiger partial charge < -0.3 is 10.6 Å². The number of nitrogens with zero attached hydrogens (tertiary/aromatic N) is 1. The van der Waals surface area contributed by atoms with Crippen LogP contribution in [0.5, 0.6) is 0 Å². The van der Waals surface area contributed by atoms with Gasteiger partial charge in [-0.1, -0.05) is 13.8 Å². The van der Waals surface area contributed by atoms with Crippen LogP contribution in [0.15, 0.2) is 18.2 Å². The van der Waals surface area contributed by atoms with Crippen molar-refractivity contribution in [1.82, 2.24) is 0 Å². The van der Waals surface area contributed by atoms with Gasteiger partial charge in [0.25, 0.3) is 0 Å². The second-order valence-corrected chi connectivity index (χ2v) is 5.75. The summed E-state index contributed by atoms with van der Waals surface area (Å²) in [6.45, 7) is 6.50. The molecule has 1 aliphatic heterocycles. The van der Waals surface area contributed by atoms with E-state index in [-0.39, 0.29) is 17.6 Å². The standard InChI is InChI=1S/C17H24N2O2/c1-4-12(5-2)17(21)19-9-8-13-10-14(6-7-15(13)19)16(20)11(3)18/h6-7,10-12H,4-5,8-9,18H2,1-3H3. The SMILES string of the molecule is CCC(CC)C(=O)N1CCc2cc(C(=O)C(C)N)ccc21. The quantitative estimate of drug-likeness (QED) is 0.847. The number of anilines is 1. The third-order valence-electron chi connectivity index (χ3n) is 4.27. The highest BCUT2D eigenvalue weighted by Gasteiger charge is 2.29. The summed E-state index contributed by atoms with van der Waals surface area (Å²) in [5.41, 5.74) is 8.31. The molecule has 0 aliphatic carbocycles. The molecule has 1 heterocycles. The molecule has 0 saturated heterocycles. The molecule has 0 saturated carbocycles. The summed E-state index contributed by atoms with van der Waals surface area (Å²) in [5, 5.41) is 0. The normalized spacial score (nSPS) is 15.2. The molecule has 1 amide bonds. The first kappa shape index (κ1) is 15.7. The number of carbonyl (C=O) groups is 2. The molecule has 1 aliphatic rings. The third kappa shape index (κ3) is 3.00. The van der Waals surface area contributed by atoms with E-state index in [1.54, 1.807) is 13.0 Å². The Kier molecular flexibility index (Phi) is 4.78. The van der Waals surface area contributed by atoms with Gasteiger partial charge in [-0.2, -0.15) is 0 Å². The zero-order valence-corrected chi connectivity index (χ0v) is 13.1. The maximum atomic E-state index is 12.5. The topological polar surface area (TPSA) is 63.4 Å². The van der Waals surface area contributed by atoms with E-state index in [0.717, 1.165) is 30.5 Å². The van der Waals surface area contributed by atoms with Crippen LogP contribution in [0.2, 0.25) is 0 Å². The Bertz CT molecular complexity index is 548. The largest absolute Gasteiger partial charge is 0.321 e. The second-order valence-electron chi connectivity index (χ2n) is 5.75. The van der Waals surface area contributed by atoms with E-state index in [0.29, 0.717) is 12.1 Å². The van der Waals surface area contributed by atoms with Gasteiger partial charge in [0.05, 0.1) is 6.04 Å². The minimum atomic E-state index is -0.494. The van der Waals surface area contributed by atoms with Gasteiger partial charge in [0.1, 0.15) is 0 Å². The molecule has 0 aromatic heterocycles. The summed E-state index contributed by atoms with van der Waals surface area (Å²) >= 11 is 0.